The third kappa shape index (κ3) is 5.09. The molecule has 23 heavy (non-hydrogen) atoms. The summed E-state index contributed by atoms with van der Waals surface area (Å²) >= 11 is 0. The van der Waals surface area contributed by atoms with Crippen molar-refractivity contribution in [2.45, 2.75) is 24.3 Å². The molecular formula is C14H22ClF2N3O2S. The van der Waals surface area contributed by atoms with E-state index in [2.05, 4.69) is 4.90 Å². The van der Waals surface area contributed by atoms with Gasteiger partial charge >= 0.3 is 0 Å². The quantitative estimate of drug-likeness (QED) is 0.872. The molecule has 2 rings (SSSR count). The standard InChI is InChI=1S/C14H21F2N3O2S.ClH/c1-14(2,17)10-18-5-7-19(8-6-18)22(20,21)13-4-3-11(15)9-12(13)16;/h3-4,9H,5-8,10,17H2,1-2H3;1H. The molecule has 0 bridgehead atoms. The van der Waals surface area contributed by atoms with Crippen molar-refractivity contribution in [3.8, 4) is 0 Å². The van der Waals surface area contributed by atoms with Gasteiger partial charge in [0.1, 0.15) is 16.5 Å². The van der Waals surface area contributed by atoms with Gasteiger partial charge in [-0.25, -0.2) is 17.2 Å². The molecule has 1 fully saturated rings. The van der Waals surface area contributed by atoms with Gasteiger partial charge in [-0.15, -0.1) is 12.4 Å². The fourth-order valence-corrected chi connectivity index (χ4v) is 4.00. The van der Waals surface area contributed by atoms with Gasteiger partial charge in [0.15, 0.2) is 0 Å². The number of halogens is 3. The first kappa shape index (κ1) is 20.2. The molecule has 5 nitrogen and oxygen atoms in total. The molecule has 0 radical (unpaired) electrons. The van der Waals surface area contributed by atoms with Crippen molar-refractivity contribution in [1.82, 2.24) is 9.21 Å². The van der Waals surface area contributed by atoms with Gasteiger partial charge in [0.25, 0.3) is 0 Å². The minimum absolute atomic E-state index is 0. The van der Waals surface area contributed by atoms with Gasteiger partial charge in [-0.1, -0.05) is 0 Å². The van der Waals surface area contributed by atoms with Gasteiger partial charge in [0, 0.05) is 44.3 Å². The summed E-state index contributed by atoms with van der Waals surface area (Å²) < 4.78 is 52.7. The number of benzene rings is 1. The maximum Gasteiger partial charge on any atom is 0.246 e. The summed E-state index contributed by atoms with van der Waals surface area (Å²) in [6, 6.07) is 2.50. The van der Waals surface area contributed by atoms with Gasteiger partial charge in [-0.05, 0) is 26.0 Å². The second-order valence-corrected chi connectivity index (χ2v) is 8.15. The summed E-state index contributed by atoms with van der Waals surface area (Å²) in [4.78, 5) is 1.59. The smallest absolute Gasteiger partial charge is 0.246 e. The highest BCUT2D eigenvalue weighted by atomic mass is 35.5. The summed E-state index contributed by atoms with van der Waals surface area (Å²) in [5, 5.41) is 0. The van der Waals surface area contributed by atoms with Crippen LogP contribution in [0.15, 0.2) is 23.1 Å². The Bertz CT molecular complexity index is 642. The predicted octanol–water partition coefficient (Wildman–Crippen LogP) is 1.43. The Hall–Kier alpha value is -0.800. The van der Waals surface area contributed by atoms with E-state index in [4.69, 9.17) is 5.73 Å². The molecule has 1 aliphatic heterocycles. The Kier molecular flexibility index (Phi) is 6.51. The van der Waals surface area contributed by atoms with Crippen LogP contribution in [0.4, 0.5) is 8.78 Å². The molecular weight excluding hydrogens is 348 g/mol. The van der Waals surface area contributed by atoms with Crippen molar-refractivity contribution in [2.24, 2.45) is 5.73 Å². The molecule has 9 heteroatoms. The van der Waals surface area contributed by atoms with Crippen molar-refractivity contribution in [2.75, 3.05) is 32.7 Å². The molecule has 0 aliphatic carbocycles. The molecule has 0 aromatic heterocycles. The maximum atomic E-state index is 13.7. The topological polar surface area (TPSA) is 66.6 Å². The highest BCUT2D eigenvalue weighted by Gasteiger charge is 2.31. The second-order valence-electron chi connectivity index (χ2n) is 6.24. The van der Waals surface area contributed by atoms with E-state index in [1.165, 1.54) is 4.31 Å². The Morgan fingerprint density at radius 2 is 1.74 bits per heavy atom. The number of hydrogen-bond acceptors (Lipinski definition) is 4. The zero-order valence-corrected chi connectivity index (χ0v) is 14.8. The zero-order valence-electron chi connectivity index (χ0n) is 13.1. The van der Waals surface area contributed by atoms with Crippen LogP contribution in [0, 0.1) is 11.6 Å². The number of nitrogens with two attached hydrogens (primary N) is 1. The fraction of sp³-hybridized carbons (Fsp3) is 0.571. The molecule has 1 saturated heterocycles. The third-order valence-corrected chi connectivity index (χ3v) is 5.41. The van der Waals surface area contributed by atoms with Crippen molar-refractivity contribution < 1.29 is 17.2 Å². The number of hydrogen-bond donors (Lipinski definition) is 1. The van der Waals surface area contributed by atoms with E-state index in [1.54, 1.807) is 0 Å². The van der Waals surface area contributed by atoms with Crippen LogP contribution in [0.5, 0.6) is 0 Å². The van der Waals surface area contributed by atoms with Gasteiger partial charge in [-0.3, -0.25) is 4.90 Å². The fourth-order valence-electron chi connectivity index (χ4n) is 2.53. The first-order valence-corrected chi connectivity index (χ1v) is 8.50. The van der Waals surface area contributed by atoms with Crippen LogP contribution in [-0.2, 0) is 10.0 Å². The zero-order chi connectivity index (χ0) is 16.5. The molecule has 1 aromatic rings. The Balaban J connectivity index is 0.00000264. The predicted molar refractivity (Wildman–Crippen MR) is 87.1 cm³/mol. The van der Waals surface area contributed by atoms with Crippen LogP contribution in [0.2, 0.25) is 0 Å². The van der Waals surface area contributed by atoms with Gasteiger partial charge < -0.3 is 5.73 Å². The molecule has 0 unspecified atom stereocenters. The normalized spacial score (nSPS) is 17.8. The summed E-state index contributed by atoms with van der Waals surface area (Å²) in [6.07, 6.45) is 0. The van der Waals surface area contributed by atoms with E-state index in [0.717, 1.165) is 12.1 Å². The SMILES string of the molecule is CC(C)(N)CN1CCN(S(=O)(=O)c2ccc(F)cc2F)CC1.Cl. The largest absolute Gasteiger partial charge is 0.324 e. The van der Waals surface area contributed by atoms with Gasteiger partial charge in [0.2, 0.25) is 10.0 Å². The lowest BCUT2D eigenvalue weighted by molar-refractivity contribution is 0.162. The van der Waals surface area contributed by atoms with Crippen LogP contribution in [0.3, 0.4) is 0 Å². The summed E-state index contributed by atoms with van der Waals surface area (Å²) in [5.41, 5.74) is 5.60. The molecule has 2 N–H and O–H groups in total. The van der Waals surface area contributed by atoms with E-state index in [-0.39, 0.29) is 31.0 Å². The van der Waals surface area contributed by atoms with Crippen LogP contribution < -0.4 is 5.73 Å². The average Bonchev–Trinajstić information content (AvgIpc) is 2.36. The Labute approximate surface area is 141 Å². The van der Waals surface area contributed by atoms with E-state index in [9.17, 15) is 17.2 Å². The number of sulfonamides is 1. The Morgan fingerprint density at radius 3 is 2.22 bits per heavy atom. The van der Waals surface area contributed by atoms with Gasteiger partial charge in [0.05, 0.1) is 0 Å². The van der Waals surface area contributed by atoms with Crippen molar-refractivity contribution >= 4 is 22.4 Å². The van der Waals surface area contributed by atoms with Crippen LogP contribution in [0.25, 0.3) is 0 Å². The molecule has 1 aliphatic rings. The van der Waals surface area contributed by atoms with E-state index < -0.39 is 26.6 Å². The number of nitrogens with zero attached hydrogens (tertiary/aromatic N) is 2. The lowest BCUT2D eigenvalue weighted by Crippen LogP contribution is -2.54. The van der Waals surface area contributed by atoms with Crippen molar-refractivity contribution in [1.29, 1.82) is 0 Å². The highest BCUT2D eigenvalue weighted by molar-refractivity contribution is 7.89. The monoisotopic (exact) mass is 369 g/mol. The highest BCUT2D eigenvalue weighted by Crippen LogP contribution is 2.21. The molecule has 1 aromatic carbocycles. The van der Waals surface area contributed by atoms with E-state index in [1.807, 2.05) is 13.8 Å². The molecule has 0 atom stereocenters. The number of piperazine rings is 1. The summed E-state index contributed by atoms with van der Waals surface area (Å²) in [7, 11) is -3.94. The van der Waals surface area contributed by atoms with Crippen LogP contribution >= 0.6 is 12.4 Å². The van der Waals surface area contributed by atoms with Crippen molar-refractivity contribution in [3.63, 3.8) is 0 Å². The Morgan fingerprint density at radius 1 is 1.17 bits per heavy atom. The molecule has 0 spiro atoms. The van der Waals surface area contributed by atoms with E-state index in [0.29, 0.717) is 25.7 Å². The summed E-state index contributed by atoms with van der Waals surface area (Å²) in [5.74, 6) is -1.86. The maximum absolute atomic E-state index is 13.7. The first-order chi connectivity index (χ1) is 10.1. The minimum Gasteiger partial charge on any atom is -0.324 e. The van der Waals surface area contributed by atoms with E-state index >= 15 is 0 Å². The third-order valence-electron chi connectivity index (χ3n) is 3.47. The average molecular weight is 370 g/mol. The van der Waals surface area contributed by atoms with Crippen LogP contribution in [0.1, 0.15) is 13.8 Å². The number of rotatable bonds is 4. The molecule has 1 heterocycles. The van der Waals surface area contributed by atoms with Gasteiger partial charge in [-0.2, -0.15) is 4.31 Å². The minimum atomic E-state index is -3.94. The lowest BCUT2D eigenvalue weighted by Gasteiger charge is -2.37. The molecule has 0 saturated carbocycles. The first-order valence-electron chi connectivity index (χ1n) is 7.06. The second kappa shape index (κ2) is 7.40. The van der Waals surface area contributed by atoms with Crippen LogP contribution in [-0.4, -0.2) is 55.9 Å². The summed E-state index contributed by atoms with van der Waals surface area (Å²) in [6.45, 7) is 6.05. The lowest BCUT2D eigenvalue weighted by atomic mass is 10.1. The van der Waals surface area contributed by atoms with Crippen molar-refractivity contribution in [3.05, 3.63) is 29.8 Å². The molecule has 132 valence electrons. The molecule has 0 amide bonds.